The number of nitrogens with zero attached hydrogens (tertiary/aromatic N) is 1. The van der Waals surface area contributed by atoms with Gasteiger partial charge in [-0.25, -0.2) is 0 Å². The van der Waals surface area contributed by atoms with E-state index in [2.05, 4.69) is 21.2 Å². The monoisotopic (exact) mass is 376 g/mol. The number of para-hydroxylation sites is 2. The zero-order valence-electron chi connectivity index (χ0n) is 11.6. The van der Waals surface area contributed by atoms with E-state index in [0.717, 1.165) is 15.1 Å². The Bertz CT molecular complexity index is 736. The molecule has 1 aliphatic rings. The first-order chi connectivity index (χ1) is 10.6. The number of carbonyl (C=O) groups excluding carboxylic acids is 2. The van der Waals surface area contributed by atoms with Gasteiger partial charge in [0, 0.05) is 9.37 Å². The summed E-state index contributed by atoms with van der Waals surface area (Å²) in [6, 6.07) is 15.1. The van der Waals surface area contributed by atoms with Crippen LogP contribution in [0, 0.1) is 0 Å². The van der Waals surface area contributed by atoms with Crippen molar-refractivity contribution in [3.05, 3.63) is 53.0 Å². The predicted octanol–water partition coefficient (Wildman–Crippen LogP) is 3.53. The predicted molar refractivity (Wildman–Crippen MR) is 92.3 cm³/mol. The fourth-order valence-corrected chi connectivity index (χ4v) is 3.68. The molecule has 3 rings (SSSR count). The lowest BCUT2D eigenvalue weighted by Gasteiger charge is -2.29. The van der Waals surface area contributed by atoms with Crippen molar-refractivity contribution in [1.29, 1.82) is 0 Å². The Balaban J connectivity index is 1.75. The molecule has 0 aromatic heterocycles. The molecule has 6 heteroatoms. The van der Waals surface area contributed by atoms with E-state index in [-0.39, 0.29) is 24.1 Å². The lowest BCUT2D eigenvalue weighted by molar-refractivity contribution is -0.120. The van der Waals surface area contributed by atoms with Crippen molar-refractivity contribution in [3.8, 4) is 0 Å². The first-order valence-electron chi connectivity index (χ1n) is 6.72. The summed E-state index contributed by atoms with van der Waals surface area (Å²) in [5, 5.41) is 2.78. The maximum Gasteiger partial charge on any atom is 0.244 e. The lowest BCUT2D eigenvalue weighted by Crippen LogP contribution is -2.43. The van der Waals surface area contributed by atoms with Crippen molar-refractivity contribution in [2.24, 2.45) is 0 Å². The average molecular weight is 377 g/mol. The molecule has 0 fully saturated rings. The minimum atomic E-state index is -0.169. The molecule has 112 valence electrons. The van der Waals surface area contributed by atoms with E-state index in [0.29, 0.717) is 5.69 Å². The van der Waals surface area contributed by atoms with E-state index in [1.807, 2.05) is 42.5 Å². The zero-order valence-corrected chi connectivity index (χ0v) is 14.0. The number of amides is 2. The van der Waals surface area contributed by atoms with Crippen LogP contribution in [0.15, 0.2) is 57.9 Å². The van der Waals surface area contributed by atoms with Crippen LogP contribution in [0.4, 0.5) is 11.4 Å². The van der Waals surface area contributed by atoms with Gasteiger partial charge in [0.2, 0.25) is 11.8 Å². The first-order valence-corrected chi connectivity index (χ1v) is 8.49. The van der Waals surface area contributed by atoms with Gasteiger partial charge in [0.25, 0.3) is 0 Å². The van der Waals surface area contributed by atoms with Crippen molar-refractivity contribution < 1.29 is 9.59 Å². The standard InChI is InChI=1S/C16H13BrN2O2S/c17-11-5-1-4-8-14(11)22-10-16(21)19-9-15(20)18-12-6-2-3-7-13(12)19/h1-8H,9-10H2,(H,18,20). The van der Waals surface area contributed by atoms with Crippen LogP contribution in [-0.2, 0) is 9.59 Å². The Morgan fingerprint density at radius 1 is 1.18 bits per heavy atom. The van der Waals surface area contributed by atoms with Crippen LogP contribution in [0.1, 0.15) is 0 Å². The van der Waals surface area contributed by atoms with Gasteiger partial charge in [0.05, 0.1) is 17.1 Å². The number of hydrogen-bond acceptors (Lipinski definition) is 3. The molecule has 4 nitrogen and oxygen atoms in total. The summed E-state index contributed by atoms with van der Waals surface area (Å²) in [7, 11) is 0. The Kier molecular flexibility index (Phi) is 4.49. The number of benzene rings is 2. The highest BCUT2D eigenvalue weighted by Gasteiger charge is 2.26. The average Bonchev–Trinajstić information content (AvgIpc) is 2.53. The third-order valence-electron chi connectivity index (χ3n) is 3.26. The van der Waals surface area contributed by atoms with Gasteiger partial charge in [-0.05, 0) is 40.2 Å². The molecule has 0 atom stereocenters. The van der Waals surface area contributed by atoms with Gasteiger partial charge in [-0.15, -0.1) is 11.8 Å². The summed E-state index contributed by atoms with van der Waals surface area (Å²) < 4.78 is 0.963. The lowest BCUT2D eigenvalue weighted by atomic mass is 10.2. The Morgan fingerprint density at radius 3 is 2.73 bits per heavy atom. The van der Waals surface area contributed by atoms with Gasteiger partial charge in [0.1, 0.15) is 6.54 Å². The summed E-state index contributed by atoms with van der Waals surface area (Å²) >= 11 is 4.92. The minimum absolute atomic E-state index is 0.0619. The highest BCUT2D eigenvalue weighted by molar-refractivity contribution is 9.10. The second-order valence-corrected chi connectivity index (χ2v) is 6.64. The SMILES string of the molecule is O=C1CN(C(=O)CSc2ccccc2Br)c2ccccc2N1. The summed E-state index contributed by atoms with van der Waals surface area (Å²) in [6.45, 7) is 0.0619. The van der Waals surface area contributed by atoms with Gasteiger partial charge in [-0.3, -0.25) is 9.59 Å². The molecule has 1 N–H and O–H groups in total. The van der Waals surface area contributed by atoms with Crippen LogP contribution < -0.4 is 10.2 Å². The molecule has 0 saturated heterocycles. The van der Waals surface area contributed by atoms with E-state index >= 15 is 0 Å². The van der Waals surface area contributed by atoms with Crippen LogP contribution in [-0.4, -0.2) is 24.1 Å². The summed E-state index contributed by atoms with van der Waals surface area (Å²) in [4.78, 5) is 26.8. The normalized spacial score (nSPS) is 13.5. The topological polar surface area (TPSA) is 49.4 Å². The smallest absolute Gasteiger partial charge is 0.244 e. The van der Waals surface area contributed by atoms with Crippen molar-refractivity contribution >= 4 is 50.9 Å². The number of anilines is 2. The number of halogens is 1. The maximum atomic E-state index is 12.5. The molecule has 0 spiro atoms. The molecular formula is C16H13BrN2O2S. The van der Waals surface area contributed by atoms with Crippen LogP contribution in [0.5, 0.6) is 0 Å². The Morgan fingerprint density at radius 2 is 1.91 bits per heavy atom. The molecular weight excluding hydrogens is 364 g/mol. The molecule has 2 aromatic rings. The number of rotatable bonds is 3. The second kappa shape index (κ2) is 6.54. The number of carbonyl (C=O) groups is 2. The highest BCUT2D eigenvalue weighted by atomic mass is 79.9. The summed E-state index contributed by atoms with van der Waals surface area (Å²) in [5.74, 6) is 0.0329. The Hall–Kier alpha value is -1.79. The van der Waals surface area contributed by atoms with E-state index in [1.165, 1.54) is 16.7 Å². The molecule has 0 radical (unpaired) electrons. The van der Waals surface area contributed by atoms with Gasteiger partial charge >= 0.3 is 0 Å². The van der Waals surface area contributed by atoms with Crippen molar-refractivity contribution in [2.45, 2.75) is 4.90 Å². The van der Waals surface area contributed by atoms with Crippen molar-refractivity contribution in [3.63, 3.8) is 0 Å². The number of hydrogen-bond donors (Lipinski definition) is 1. The second-order valence-electron chi connectivity index (χ2n) is 4.76. The minimum Gasteiger partial charge on any atom is -0.323 e. The largest absolute Gasteiger partial charge is 0.323 e. The van der Waals surface area contributed by atoms with Crippen LogP contribution in [0.3, 0.4) is 0 Å². The fourth-order valence-electron chi connectivity index (χ4n) is 2.23. The van der Waals surface area contributed by atoms with Crippen LogP contribution in [0.2, 0.25) is 0 Å². The van der Waals surface area contributed by atoms with Gasteiger partial charge in [0.15, 0.2) is 0 Å². The third-order valence-corrected chi connectivity index (χ3v) is 5.27. The quantitative estimate of drug-likeness (QED) is 0.833. The van der Waals surface area contributed by atoms with E-state index in [9.17, 15) is 9.59 Å². The van der Waals surface area contributed by atoms with Crippen molar-refractivity contribution in [2.75, 3.05) is 22.5 Å². The molecule has 1 aliphatic heterocycles. The summed E-state index contributed by atoms with van der Waals surface area (Å²) in [5.41, 5.74) is 1.43. The molecule has 0 unspecified atom stereocenters. The Labute approximate surface area is 141 Å². The molecule has 2 aromatic carbocycles. The van der Waals surface area contributed by atoms with Crippen LogP contribution in [0.25, 0.3) is 0 Å². The third kappa shape index (κ3) is 3.18. The number of thioether (sulfide) groups is 1. The number of nitrogens with one attached hydrogen (secondary N) is 1. The molecule has 22 heavy (non-hydrogen) atoms. The van der Waals surface area contributed by atoms with Gasteiger partial charge in [-0.1, -0.05) is 24.3 Å². The molecule has 1 heterocycles. The molecule has 2 amide bonds. The molecule has 0 bridgehead atoms. The van der Waals surface area contributed by atoms with Gasteiger partial charge in [-0.2, -0.15) is 0 Å². The summed E-state index contributed by atoms with van der Waals surface area (Å²) in [6.07, 6.45) is 0. The van der Waals surface area contributed by atoms with E-state index < -0.39 is 0 Å². The fraction of sp³-hybridized carbons (Fsp3) is 0.125. The van der Waals surface area contributed by atoms with Crippen LogP contribution >= 0.6 is 27.7 Å². The first kappa shape index (κ1) is 15.1. The molecule has 0 aliphatic carbocycles. The van der Waals surface area contributed by atoms with E-state index in [1.54, 1.807) is 6.07 Å². The number of fused-ring (bicyclic) bond motifs is 1. The van der Waals surface area contributed by atoms with E-state index in [4.69, 9.17) is 0 Å². The highest BCUT2D eigenvalue weighted by Crippen LogP contribution is 2.31. The van der Waals surface area contributed by atoms with Crippen molar-refractivity contribution in [1.82, 2.24) is 0 Å². The molecule has 0 saturated carbocycles. The maximum absolute atomic E-state index is 12.5. The van der Waals surface area contributed by atoms with Gasteiger partial charge < -0.3 is 10.2 Å². The zero-order chi connectivity index (χ0) is 15.5.